The number of Topliss-reactive ketones (excluding diaryl/α,β-unsaturated/α-hetero) is 1. The number of rotatable bonds is 4. The molecule has 6 nitrogen and oxygen atoms in total. The van der Waals surface area contributed by atoms with E-state index in [1.54, 1.807) is 29.2 Å². The molecule has 7 heteroatoms. The highest BCUT2D eigenvalue weighted by molar-refractivity contribution is 6.46. The number of aliphatic hydroxyl groups excluding tert-OH is 1. The first-order valence-electron chi connectivity index (χ1n) is 9.85. The molecule has 1 aliphatic heterocycles. The molecule has 30 heavy (non-hydrogen) atoms. The molecular weight excluding hydrogens is 406 g/mol. The number of hydrogen-bond acceptors (Lipinski definition) is 5. The zero-order valence-electron chi connectivity index (χ0n) is 16.5. The maximum atomic E-state index is 13.0. The first kappa shape index (κ1) is 20.3. The van der Waals surface area contributed by atoms with Crippen LogP contribution in [0.4, 0.5) is 0 Å². The number of benzene rings is 2. The molecule has 0 aromatic heterocycles. The highest BCUT2D eigenvalue weighted by Crippen LogP contribution is 2.44. The second-order valence-electron chi connectivity index (χ2n) is 7.59. The van der Waals surface area contributed by atoms with Gasteiger partial charge in [-0.15, -0.1) is 0 Å². The molecule has 1 heterocycles. The lowest BCUT2D eigenvalue weighted by atomic mass is 9.94. The zero-order chi connectivity index (χ0) is 21.4. The maximum Gasteiger partial charge on any atom is 0.295 e. The second kappa shape index (κ2) is 8.03. The lowest BCUT2D eigenvalue weighted by Gasteiger charge is -2.30. The number of ether oxygens (including phenoxy) is 1. The molecule has 2 aromatic rings. The fourth-order valence-electron chi connectivity index (χ4n) is 4.36. The van der Waals surface area contributed by atoms with E-state index in [0.29, 0.717) is 21.9 Å². The van der Waals surface area contributed by atoms with Gasteiger partial charge in [-0.05, 0) is 48.7 Å². The van der Waals surface area contributed by atoms with Gasteiger partial charge >= 0.3 is 0 Å². The highest BCUT2D eigenvalue weighted by atomic mass is 35.5. The van der Waals surface area contributed by atoms with Gasteiger partial charge in [0, 0.05) is 11.6 Å². The van der Waals surface area contributed by atoms with Crippen LogP contribution in [-0.4, -0.2) is 40.0 Å². The zero-order valence-corrected chi connectivity index (χ0v) is 17.2. The van der Waals surface area contributed by atoms with Gasteiger partial charge in [-0.2, -0.15) is 0 Å². The Hall–Kier alpha value is -2.99. The Kier molecular flexibility index (Phi) is 5.43. The minimum absolute atomic E-state index is 0.0296. The van der Waals surface area contributed by atoms with Crippen LogP contribution in [0.15, 0.2) is 48.0 Å². The maximum absolute atomic E-state index is 13.0. The van der Waals surface area contributed by atoms with Crippen molar-refractivity contribution in [2.75, 3.05) is 7.11 Å². The molecule has 1 unspecified atom stereocenters. The summed E-state index contributed by atoms with van der Waals surface area (Å²) in [6, 6.07) is 10.3. The first-order valence-corrected chi connectivity index (χ1v) is 10.2. The van der Waals surface area contributed by atoms with Crippen molar-refractivity contribution in [2.24, 2.45) is 0 Å². The Labute approximate surface area is 179 Å². The topological polar surface area (TPSA) is 87.1 Å². The van der Waals surface area contributed by atoms with Gasteiger partial charge in [0.1, 0.15) is 17.3 Å². The van der Waals surface area contributed by atoms with Crippen LogP contribution in [0.3, 0.4) is 0 Å². The number of aliphatic hydroxyl groups is 1. The smallest absolute Gasteiger partial charge is 0.295 e. The number of phenols is 1. The fraction of sp³-hybridized carbons (Fsp3) is 0.304. The number of likely N-dealkylation sites (tertiary alicyclic amines) is 1. The van der Waals surface area contributed by atoms with Crippen molar-refractivity contribution in [3.8, 4) is 11.5 Å². The number of carbonyl (C=O) groups excluding carboxylic acids is 2. The van der Waals surface area contributed by atoms with Crippen LogP contribution in [-0.2, 0) is 9.59 Å². The summed E-state index contributed by atoms with van der Waals surface area (Å²) in [5, 5.41) is 21.2. The van der Waals surface area contributed by atoms with Crippen LogP contribution < -0.4 is 4.74 Å². The van der Waals surface area contributed by atoms with Crippen LogP contribution in [0.25, 0.3) is 5.76 Å². The fourth-order valence-corrected chi connectivity index (χ4v) is 4.55. The predicted octanol–water partition coefficient (Wildman–Crippen LogP) is 4.42. The van der Waals surface area contributed by atoms with E-state index in [1.807, 2.05) is 0 Å². The van der Waals surface area contributed by atoms with Gasteiger partial charge in [-0.3, -0.25) is 9.59 Å². The molecule has 2 N–H and O–H groups in total. The molecule has 0 radical (unpaired) electrons. The number of amides is 1. The molecule has 1 saturated carbocycles. The molecule has 2 aliphatic rings. The average Bonchev–Trinajstić information content (AvgIpc) is 3.35. The quantitative estimate of drug-likeness (QED) is 0.428. The Morgan fingerprint density at radius 3 is 2.40 bits per heavy atom. The summed E-state index contributed by atoms with van der Waals surface area (Å²) in [7, 11) is 1.46. The predicted molar refractivity (Wildman–Crippen MR) is 113 cm³/mol. The number of carbonyl (C=O) groups is 2. The van der Waals surface area contributed by atoms with E-state index in [0.717, 1.165) is 25.7 Å². The molecule has 0 spiro atoms. The number of methoxy groups -OCH3 is 1. The monoisotopic (exact) mass is 427 g/mol. The summed E-state index contributed by atoms with van der Waals surface area (Å²) >= 11 is 6.09. The minimum atomic E-state index is -0.727. The van der Waals surface area contributed by atoms with Crippen molar-refractivity contribution < 1.29 is 24.5 Å². The molecule has 156 valence electrons. The van der Waals surface area contributed by atoms with E-state index >= 15 is 0 Å². The third-order valence-corrected chi connectivity index (χ3v) is 6.14. The van der Waals surface area contributed by atoms with Gasteiger partial charge in [0.15, 0.2) is 0 Å². The standard InChI is InChI=1S/C23H22ClNO5/c1-30-18-12-14(8-11-17(18)24)21(27)19-20(13-6-9-16(26)10-7-13)25(23(29)22(19)28)15-4-2-3-5-15/h6-12,15,20,26-27H,2-5H2,1H3/b21-19-. The van der Waals surface area contributed by atoms with Gasteiger partial charge in [0.25, 0.3) is 11.7 Å². The van der Waals surface area contributed by atoms with E-state index in [2.05, 4.69) is 0 Å². The molecule has 1 saturated heterocycles. The molecule has 2 aromatic carbocycles. The summed E-state index contributed by atoms with van der Waals surface area (Å²) in [4.78, 5) is 27.6. The molecule has 0 bridgehead atoms. The number of ketones is 1. The van der Waals surface area contributed by atoms with E-state index < -0.39 is 17.7 Å². The molecule has 1 aliphatic carbocycles. The van der Waals surface area contributed by atoms with Crippen molar-refractivity contribution in [3.63, 3.8) is 0 Å². The van der Waals surface area contributed by atoms with Crippen LogP contribution >= 0.6 is 11.6 Å². The third kappa shape index (κ3) is 3.41. The first-order chi connectivity index (χ1) is 14.4. The Morgan fingerprint density at radius 1 is 1.10 bits per heavy atom. The number of aromatic hydroxyl groups is 1. The van der Waals surface area contributed by atoms with Crippen LogP contribution in [0, 0.1) is 0 Å². The highest BCUT2D eigenvalue weighted by Gasteiger charge is 2.49. The summed E-state index contributed by atoms with van der Waals surface area (Å²) in [6.45, 7) is 0. The number of hydrogen-bond donors (Lipinski definition) is 2. The van der Waals surface area contributed by atoms with Crippen molar-refractivity contribution in [3.05, 3.63) is 64.2 Å². The molecule has 1 amide bonds. The second-order valence-corrected chi connectivity index (χ2v) is 7.99. The van der Waals surface area contributed by atoms with Crippen LogP contribution in [0.5, 0.6) is 11.5 Å². The van der Waals surface area contributed by atoms with Crippen LogP contribution in [0.1, 0.15) is 42.9 Å². The summed E-state index contributed by atoms with van der Waals surface area (Å²) in [5.74, 6) is -1.17. The van der Waals surface area contributed by atoms with Gasteiger partial charge in [-0.25, -0.2) is 0 Å². The SMILES string of the molecule is COc1cc(/C(O)=C2/C(=O)C(=O)N(C3CCCC3)C2c2ccc(O)cc2)ccc1Cl. The van der Waals surface area contributed by atoms with E-state index in [4.69, 9.17) is 16.3 Å². The van der Waals surface area contributed by atoms with Crippen molar-refractivity contribution in [1.29, 1.82) is 0 Å². The van der Waals surface area contributed by atoms with Gasteiger partial charge < -0.3 is 19.8 Å². The number of halogens is 1. The van der Waals surface area contributed by atoms with Gasteiger partial charge in [-0.1, -0.05) is 36.6 Å². The third-order valence-electron chi connectivity index (χ3n) is 5.83. The summed E-state index contributed by atoms with van der Waals surface area (Å²) < 4.78 is 5.22. The van der Waals surface area contributed by atoms with Crippen molar-refractivity contribution >= 4 is 29.1 Å². The Bertz CT molecular complexity index is 1020. The minimum Gasteiger partial charge on any atom is -0.508 e. The summed E-state index contributed by atoms with van der Waals surface area (Å²) in [5.41, 5.74) is 1.02. The average molecular weight is 428 g/mol. The number of nitrogens with zero attached hydrogens (tertiary/aromatic N) is 1. The number of phenolic OH excluding ortho intramolecular Hbond substituents is 1. The lowest BCUT2D eigenvalue weighted by molar-refractivity contribution is -0.141. The molecule has 1 atom stereocenters. The van der Waals surface area contributed by atoms with Gasteiger partial charge in [0.2, 0.25) is 0 Å². The van der Waals surface area contributed by atoms with Crippen molar-refractivity contribution in [2.45, 2.75) is 37.8 Å². The Balaban J connectivity index is 1.88. The lowest BCUT2D eigenvalue weighted by Crippen LogP contribution is -2.37. The normalized spacial score (nSPS) is 21.4. The largest absolute Gasteiger partial charge is 0.508 e. The van der Waals surface area contributed by atoms with Crippen LogP contribution in [0.2, 0.25) is 5.02 Å². The molecular formula is C23H22ClNO5. The van der Waals surface area contributed by atoms with Crippen molar-refractivity contribution in [1.82, 2.24) is 4.90 Å². The molecule has 4 rings (SSSR count). The van der Waals surface area contributed by atoms with E-state index in [-0.39, 0.29) is 23.1 Å². The van der Waals surface area contributed by atoms with E-state index in [1.165, 1.54) is 25.3 Å². The van der Waals surface area contributed by atoms with Gasteiger partial charge in [0.05, 0.1) is 23.7 Å². The molecule has 2 fully saturated rings. The Morgan fingerprint density at radius 2 is 1.77 bits per heavy atom. The van der Waals surface area contributed by atoms with E-state index in [9.17, 15) is 19.8 Å². The summed E-state index contributed by atoms with van der Waals surface area (Å²) in [6.07, 6.45) is 3.61.